The smallest absolute Gasteiger partial charge is 0.274 e. The predicted molar refractivity (Wildman–Crippen MR) is 109 cm³/mol. The highest BCUT2D eigenvalue weighted by Gasteiger charge is 2.43. The molecule has 0 aliphatic carbocycles. The average Bonchev–Trinajstić information content (AvgIpc) is 3.40. The summed E-state index contributed by atoms with van der Waals surface area (Å²) in [4.78, 5) is 40.3. The number of halogens is 1. The van der Waals surface area contributed by atoms with Crippen LogP contribution < -0.4 is 10.2 Å². The summed E-state index contributed by atoms with van der Waals surface area (Å²) in [6.45, 7) is 0.485. The first kappa shape index (κ1) is 18.8. The molecule has 2 aliphatic rings. The second-order valence-electron chi connectivity index (χ2n) is 7.34. The highest BCUT2D eigenvalue weighted by Crippen LogP contribution is 2.39. The summed E-state index contributed by atoms with van der Waals surface area (Å²) in [5.41, 5.74) is 1.24. The van der Waals surface area contributed by atoms with Gasteiger partial charge in [-0.3, -0.25) is 14.4 Å². The third-order valence-electron chi connectivity index (χ3n) is 5.57. The normalized spacial score (nSPS) is 14.4. The Hall–Kier alpha value is -4.25. The van der Waals surface area contributed by atoms with Gasteiger partial charge in [-0.25, -0.2) is 9.29 Å². The lowest BCUT2D eigenvalue weighted by atomic mass is 10.1. The Bertz CT molecular complexity index is 1320. The maximum atomic E-state index is 13.7. The summed E-state index contributed by atoms with van der Waals surface area (Å²) < 4.78 is 15.4. The number of aromatic nitrogens is 1. The number of fused-ring (bicyclic) bond motifs is 2. The lowest BCUT2D eigenvalue weighted by Crippen LogP contribution is -2.32. The summed E-state index contributed by atoms with van der Waals surface area (Å²) in [6, 6.07) is 14.2. The SMILES string of the molecule is N#Cc1c(N2C(=O)c3ccc(F)cc3C2=O)c(C(=O)Nc2ccccc2)n2c1CCC2. The molecule has 0 spiro atoms. The molecule has 152 valence electrons. The zero-order valence-electron chi connectivity index (χ0n) is 16.2. The van der Waals surface area contributed by atoms with Crippen LogP contribution in [0.1, 0.15) is 48.9 Å². The van der Waals surface area contributed by atoms with Gasteiger partial charge in [0, 0.05) is 17.9 Å². The lowest BCUT2D eigenvalue weighted by Gasteiger charge is -2.17. The summed E-state index contributed by atoms with van der Waals surface area (Å²) >= 11 is 0. The standard InChI is InChI=1S/C23H15FN4O3/c24-13-8-9-15-16(11-13)23(31)28(22(15)30)19-17(12-25)18-7-4-10-27(18)20(19)21(29)26-14-5-2-1-3-6-14/h1-3,5-6,8-9,11H,4,7,10H2,(H,26,29). The van der Waals surface area contributed by atoms with E-state index in [4.69, 9.17) is 0 Å². The highest BCUT2D eigenvalue weighted by molar-refractivity contribution is 6.36. The third kappa shape index (κ3) is 2.74. The van der Waals surface area contributed by atoms with E-state index in [0.717, 1.165) is 23.5 Å². The van der Waals surface area contributed by atoms with Crippen molar-refractivity contribution in [3.05, 3.63) is 82.4 Å². The van der Waals surface area contributed by atoms with E-state index < -0.39 is 23.5 Å². The molecule has 0 radical (unpaired) electrons. The van der Waals surface area contributed by atoms with Crippen molar-refractivity contribution in [3.63, 3.8) is 0 Å². The van der Waals surface area contributed by atoms with E-state index in [2.05, 4.69) is 11.4 Å². The summed E-state index contributed by atoms with van der Waals surface area (Å²) in [7, 11) is 0. The minimum absolute atomic E-state index is 0.0380. The van der Waals surface area contributed by atoms with Crippen molar-refractivity contribution < 1.29 is 18.8 Å². The molecule has 1 N–H and O–H groups in total. The Morgan fingerprint density at radius 2 is 1.81 bits per heavy atom. The van der Waals surface area contributed by atoms with Gasteiger partial charge in [0.2, 0.25) is 0 Å². The molecule has 8 heteroatoms. The summed E-state index contributed by atoms with van der Waals surface area (Å²) in [5, 5.41) is 12.6. The Morgan fingerprint density at radius 1 is 1.06 bits per heavy atom. The quantitative estimate of drug-likeness (QED) is 0.664. The van der Waals surface area contributed by atoms with Crippen LogP contribution in [0.5, 0.6) is 0 Å². The average molecular weight is 414 g/mol. The first-order valence-corrected chi connectivity index (χ1v) is 9.71. The molecule has 0 atom stereocenters. The fourth-order valence-corrected chi connectivity index (χ4v) is 4.26. The zero-order chi connectivity index (χ0) is 21.7. The van der Waals surface area contributed by atoms with Crippen molar-refractivity contribution >= 4 is 29.1 Å². The van der Waals surface area contributed by atoms with Crippen molar-refractivity contribution in [2.75, 3.05) is 10.2 Å². The molecule has 2 aromatic carbocycles. The molecule has 1 aromatic heterocycles. The van der Waals surface area contributed by atoms with Crippen LogP contribution in [-0.4, -0.2) is 22.3 Å². The van der Waals surface area contributed by atoms with Gasteiger partial charge in [-0.05, 0) is 43.2 Å². The van der Waals surface area contributed by atoms with Crippen molar-refractivity contribution in [2.24, 2.45) is 0 Å². The number of anilines is 2. The number of nitrogens with zero attached hydrogens (tertiary/aromatic N) is 3. The van der Waals surface area contributed by atoms with Crippen LogP contribution in [-0.2, 0) is 13.0 Å². The van der Waals surface area contributed by atoms with Gasteiger partial charge in [0.15, 0.2) is 0 Å². The van der Waals surface area contributed by atoms with Crippen molar-refractivity contribution in [1.29, 1.82) is 5.26 Å². The minimum atomic E-state index is -0.756. The van der Waals surface area contributed by atoms with Crippen molar-refractivity contribution in [1.82, 2.24) is 4.57 Å². The van der Waals surface area contributed by atoms with E-state index in [9.17, 15) is 24.0 Å². The molecular formula is C23H15FN4O3. The fourth-order valence-electron chi connectivity index (χ4n) is 4.26. The van der Waals surface area contributed by atoms with Crippen LogP contribution in [0.15, 0.2) is 48.5 Å². The molecule has 2 aliphatic heterocycles. The number of hydrogen-bond acceptors (Lipinski definition) is 4. The second-order valence-corrected chi connectivity index (χ2v) is 7.34. The number of carbonyl (C=O) groups is 3. The monoisotopic (exact) mass is 414 g/mol. The van der Waals surface area contributed by atoms with Gasteiger partial charge in [0.25, 0.3) is 17.7 Å². The number of rotatable bonds is 3. The number of nitrogens with one attached hydrogen (secondary N) is 1. The summed E-state index contributed by atoms with van der Waals surface area (Å²) in [6.07, 6.45) is 1.29. The van der Waals surface area contributed by atoms with E-state index in [1.54, 1.807) is 28.8 Å². The van der Waals surface area contributed by atoms with Crippen LogP contribution in [0.3, 0.4) is 0 Å². The number of hydrogen-bond donors (Lipinski definition) is 1. The Balaban J connectivity index is 1.68. The Kier molecular flexibility index (Phi) is 4.19. The number of amides is 3. The largest absolute Gasteiger partial charge is 0.337 e. The number of carbonyl (C=O) groups excluding carboxylic acids is 3. The molecule has 0 unspecified atom stereocenters. The van der Waals surface area contributed by atoms with E-state index in [1.807, 2.05) is 6.07 Å². The van der Waals surface area contributed by atoms with Crippen molar-refractivity contribution in [3.8, 4) is 6.07 Å². The number of nitriles is 1. The molecule has 0 saturated heterocycles. The Labute approximate surface area is 176 Å². The second kappa shape index (κ2) is 6.92. The van der Waals surface area contributed by atoms with Gasteiger partial charge in [-0.2, -0.15) is 5.26 Å². The van der Waals surface area contributed by atoms with Gasteiger partial charge in [-0.1, -0.05) is 18.2 Å². The molecule has 3 aromatic rings. The van der Waals surface area contributed by atoms with Gasteiger partial charge >= 0.3 is 0 Å². The van der Waals surface area contributed by atoms with Gasteiger partial charge in [0.05, 0.1) is 16.7 Å². The molecule has 3 heterocycles. The molecule has 31 heavy (non-hydrogen) atoms. The topological polar surface area (TPSA) is 95.2 Å². The van der Waals surface area contributed by atoms with Crippen LogP contribution in [0.4, 0.5) is 15.8 Å². The number of imide groups is 1. The third-order valence-corrected chi connectivity index (χ3v) is 5.57. The minimum Gasteiger partial charge on any atom is -0.337 e. The molecule has 3 amide bonds. The first-order chi connectivity index (χ1) is 15.0. The van der Waals surface area contributed by atoms with Crippen molar-refractivity contribution in [2.45, 2.75) is 19.4 Å². The fraction of sp³-hybridized carbons (Fsp3) is 0.130. The number of para-hydroxylation sites is 1. The molecule has 0 fully saturated rings. The molecule has 0 saturated carbocycles. The van der Waals surface area contributed by atoms with Gasteiger partial charge in [-0.15, -0.1) is 0 Å². The van der Waals surface area contributed by atoms with Crippen LogP contribution in [0, 0.1) is 17.1 Å². The highest BCUT2D eigenvalue weighted by atomic mass is 19.1. The van der Waals surface area contributed by atoms with E-state index in [-0.39, 0.29) is 28.1 Å². The molecule has 5 rings (SSSR count). The molecule has 7 nitrogen and oxygen atoms in total. The van der Waals surface area contributed by atoms with Crippen LogP contribution in [0.2, 0.25) is 0 Å². The maximum Gasteiger partial charge on any atom is 0.274 e. The molecular weight excluding hydrogens is 399 g/mol. The van der Waals surface area contributed by atoms with Crippen LogP contribution in [0.25, 0.3) is 0 Å². The van der Waals surface area contributed by atoms with Gasteiger partial charge in [0.1, 0.15) is 23.3 Å². The summed E-state index contributed by atoms with van der Waals surface area (Å²) in [5.74, 6) is -2.62. The molecule has 0 bridgehead atoms. The van der Waals surface area contributed by atoms with E-state index >= 15 is 0 Å². The zero-order valence-corrected chi connectivity index (χ0v) is 16.2. The van der Waals surface area contributed by atoms with Gasteiger partial charge < -0.3 is 9.88 Å². The van der Waals surface area contributed by atoms with Crippen LogP contribution >= 0.6 is 0 Å². The Morgan fingerprint density at radius 3 is 2.55 bits per heavy atom. The number of benzene rings is 2. The van der Waals surface area contributed by atoms with E-state index in [1.165, 1.54) is 6.07 Å². The maximum absolute atomic E-state index is 13.7. The van der Waals surface area contributed by atoms with E-state index in [0.29, 0.717) is 24.3 Å². The first-order valence-electron chi connectivity index (χ1n) is 9.71. The lowest BCUT2D eigenvalue weighted by molar-refractivity contribution is 0.0926. The predicted octanol–water partition coefficient (Wildman–Crippen LogP) is 3.50.